The largest absolute Gasteiger partial charge is 0.310 e. The van der Waals surface area contributed by atoms with Crippen LogP contribution in [0.4, 0.5) is 17.1 Å². The summed E-state index contributed by atoms with van der Waals surface area (Å²) in [6.07, 6.45) is 8.24. The summed E-state index contributed by atoms with van der Waals surface area (Å²) in [5.74, 6) is 3.48. The molecule has 0 radical (unpaired) electrons. The molecule has 6 unspecified atom stereocenters. The highest BCUT2D eigenvalue weighted by atomic mass is 15.1. The summed E-state index contributed by atoms with van der Waals surface area (Å²) in [6.45, 7) is 9.80. The number of benzene rings is 7. The number of anilines is 3. The van der Waals surface area contributed by atoms with Crippen LogP contribution in [0.3, 0.4) is 0 Å². The van der Waals surface area contributed by atoms with E-state index >= 15 is 0 Å². The Balaban J connectivity index is 0.979. The third-order valence-electron chi connectivity index (χ3n) is 17.3. The van der Waals surface area contributed by atoms with Crippen LogP contribution < -0.4 is 4.90 Å². The van der Waals surface area contributed by atoms with Crippen LogP contribution in [0.5, 0.6) is 0 Å². The number of rotatable bonds is 5. The van der Waals surface area contributed by atoms with Gasteiger partial charge in [-0.05, 0) is 187 Å². The van der Waals surface area contributed by atoms with Gasteiger partial charge in [-0.1, -0.05) is 137 Å². The highest BCUT2D eigenvalue weighted by Gasteiger charge is 2.84. The summed E-state index contributed by atoms with van der Waals surface area (Å²) in [5, 5.41) is 2.56. The van der Waals surface area contributed by atoms with Gasteiger partial charge in [0.15, 0.2) is 0 Å². The zero-order valence-electron chi connectivity index (χ0n) is 34.9. The molecule has 290 valence electrons. The van der Waals surface area contributed by atoms with Crippen molar-refractivity contribution in [1.29, 1.82) is 0 Å². The summed E-state index contributed by atoms with van der Waals surface area (Å²) >= 11 is 0. The van der Waals surface area contributed by atoms with E-state index in [1.165, 1.54) is 111 Å². The van der Waals surface area contributed by atoms with E-state index in [4.69, 9.17) is 0 Å². The second-order valence-electron chi connectivity index (χ2n) is 20.8. The molecule has 59 heavy (non-hydrogen) atoms. The van der Waals surface area contributed by atoms with Crippen molar-refractivity contribution in [2.24, 2.45) is 29.1 Å². The van der Waals surface area contributed by atoms with Gasteiger partial charge in [0, 0.05) is 22.5 Å². The van der Waals surface area contributed by atoms with Gasteiger partial charge in [0.2, 0.25) is 0 Å². The van der Waals surface area contributed by atoms with E-state index in [0.29, 0.717) is 5.41 Å². The second kappa shape index (κ2) is 11.7. The first-order valence-electron chi connectivity index (χ1n) is 22.6. The van der Waals surface area contributed by atoms with Gasteiger partial charge in [-0.3, -0.25) is 0 Å². The van der Waals surface area contributed by atoms with Crippen molar-refractivity contribution in [1.82, 2.24) is 0 Å². The molecule has 0 N–H and O–H groups in total. The molecule has 2 spiro atoms. The molecule has 0 aromatic heterocycles. The van der Waals surface area contributed by atoms with E-state index in [1.54, 1.807) is 11.1 Å². The van der Waals surface area contributed by atoms with Gasteiger partial charge >= 0.3 is 0 Å². The molecular weight excluding hydrogens is 711 g/mol. The van der Waals surface area contributed by atoms with Crippen molar-refractivity contribution in [3.63, 3.8) is 0 Å². The molecular formula is C58H53N. The summed E-state index contributed by atoms with van der Waals surface area (Å²) in [7, 11) is 0. The van der Waals surface area contributed by atoms with Gasteiger partial charge in [0.25, 0.3) is 0 Å². The minimum Gasteiger partial charge on any atom is -0.310 e. The molecule has 6 atom stereocenters. The monoisotopic (exact) mass is 763 g/mol. The standard InChI is InChI=1S/C58H53N/c1-55(2)27-28-56(3,4)54-46(16-10-18-50(54)55)41-13-9-14-44(32-41)59(43-23-21-38(22-24-43)40-20-19-37-11-5-6-12-39(37)31-40)45-25-26-48-47-15-7-8-17-49(47)58(51(48)34-45)52-30-36-29-42-33-53(58)57(42,52)35-36/h5-26,31-32,34,36,42,52-53H,27-30,33,35H2,1-4H3. The van der Waals surface area contributed by atoms with E-state index in [-0.39, 0.29) is 16.2 Å². The van der Waals surface area contributed by atoms with Crippen LogP contribution in [-0.4, -0.2) is 0 Å². The van der Waals surface area contributed by atoms with Crippen LogP contribution in [0, 0.1) is 29.1 Å². The van der Waals surface area contributed by atoms with Gasteiger partial charge in [-0.25, -0.2) is 0 Å². The highest BCUT2D eigenvalue weighted by Crippen LogP contribution is 2.89. The average molecular weight is 764 g/mol. The average Bonchev–Trinajstić information content (AvgIpc) is 3.89. The zero-order chi connectivity index (χ0) is 39.5. The Morgan fingerprint density at radius 3 is 2.00 bits per heavy atom. The lowest BCUT2D eigenvalue weighted by Gasteiger charge is -2.76. The molecule has 0 saturated heterocycles. The van der Waals surface area contributed by atoms with Gasteiger partial charge in [0.05, 0.1) is 0 Å². The van der Waals surface area contributed by atoms with Crippen molar-refractivity contribution in [2.75, 3.05) is 4.90 Å². The predicted molar refractivity (Wildman–Crippen MR) is 246 cm³/mol. The van der Waals surface area contributed by atoms with Crippen LogP contribution >= 0.6 is 0 Å². The fraction of sp³-hybridized carbons (Fsp3) is 0.310. The van der Waals surface area contributed by atoms with Gasteiger partial charge in [0.1, 0.15) is 0 Å². The molecule has 1 nitrogen and oxygen atoms in total. The van der Waals surface area contributed by atoms with E-state index in [0.717, 1.165) is 23.7 Å². The minimum atomic E-state index is 0.111. The van der Waals surface area contributed by atoms with E-state index in [9.17, 15) is 0 Å². The maximum Gasteiger partial charge on any atom is 0.0467 e. The fourth-order valence-corrected chi connectivity index (χ4v) is 14.9. The summed E-state index contributed by atoms with van der Waals surface area (Å²) in [6, 6.07) is 58.6. The summed E-state index contributed by atoms with van der Waals surface area (Å²) in [5.41, 5.74) is 19.1. The van der Waals surface area contributed by atoms with E-state index < -0.39 is 0 Å². The summed E-state index contributed by atoms with van der Waals surface area (Å²) in [4.78, 5) is 2.56. The van der Waals surface area contributed by atoms with Crippen molar-refractivity contribution >= 4 is 27.8 Å². The molecule has 2 bridgehead atoms. The van der Waals surface area contributed by atoms with Crippen LogP contribution in [-0.2, 0) is 16.2 Å². The molecule has 6 aliphatic rings. The Morgan fingerprint density at radius 2 is 1.14 bits per heavy atom. The SMILES string of the molecule is CC1(C)CCC(C)(C)c2c(-c3cccc(N(c4ccc(-c5ccc6ccccc6c5)cc4)c4ccc5c(c4)C4(c6ccccc6-5)C5CC6CC7CC4C75C6)c3)cccc21. The van der Waals surface area contributed by atoms with Crippen LogP contribution in [0.2, 0.25) is 0 Å². The molecule has 6 aliphatic carbocycles. The smallest absolute Gasteiger partial charge is 0.0467 e. The second-order valence-corrected chi connectivity index (χ2v) is 20.8. The summed E-state index contributed by atoms with van der Waals surface area (Å²) < 4.78 is 0. The maximum absolute atomic E-state index is 2.65. The van der Waals surface area contributed by atoms with Crippen LogP contribution in [0.15, 0.2) is 152 Å². The first-order valence-corrected chi connectivity index (χ1v) is 22.6. The van der Waals surface area contributed by atoms with Crippen LogP contribution in [0.1, 0.15) is 88.5 Å². The zero-order valence-corrected chi connectivity index (χ0v) is 34.9. The van der Waals surface area contributed by atoms with Crippen molar-refractivity contribution < 1.29 is 0 Å². The Hall–Kier alpha value is -5.40. The van der Waals surface area contributed by atoms with E-state index in [2.05, 4.69) is 184 Å². The Morgan fingerprint density at radius 1 is 0.458 bits per heavy atom. The van der Waals surface area contributed by atoms with Crippen molar-refractivity contribution in [3.8, 4) is 33.4 Å². The molecule has 0 amide bonds. The molecule has 7 aromatic carbocycles. The number of nitrogens with zero attached hydrogens (tertiary/aromatic N) is 1. The lowest BCUT2D eigenvalue weighted by Crippen LogP contribution is -2.73. The van der Waals surface area contributed by atoms with Gasteiger partial charge < -0.3 is 4.90 Å². The lowest BCUT2D eigenvalue weighted by atomic mass is 9.27. The Labute approximate surface area is 350 Å². The molecule has 7 aromatic rings. The normalized spacial score (nSPS) is 28.0. The van der Waals surface area contributed by atoms with Crippen molar-refractivity contribution in [2.45, 2.75) is 82.5 Å². The van der Waals surface area contributed by atoms with E-state index in [1.807, 2.05) is 0 Å². The van der Waals surface area contributed by atoms with Gasteiger partial charge in [-0.15, -0.1) is 0 Å². The number of fused-ring (bicyclic) bond motifs is 10. The first kappa shape index (κ1) is 34.5. The third-order valence-corrected chi connectivity index (χ3v) is 17.3. The topological polar surface area (TPSA) is 3.24 Å². The van der Waals surface area contributed by atoms with Crippen molar-refractivity contribution in [3.05, 3.63) is 174 Å². The third kappa shape index (κ3) is 4.42. The molecule has 13 rings (SSSR count). The highest BCUT2D eigenvalue weighted by molar-refractivity contribution is 5.90. The van der Waals surface area contributed by atoms with Gasteiger partial charge in [-0.2, -0.15) is 0 Å². The molecule has 4 saturated carbocycles. The molecule has 1 heteroatoms. The molecule has 0 aliphatic heterocycles. The quantitative estimate of drug-likeness (QED) is 0.169. The Kier molecular flexibility index (Phi) is 6.81. The number of hydrogen-bond acceptors (Lipinski definition) is 1. The van der Waals surface area contributed by atoms with Crippen LogP contribution in [0.25, 0.3) is 44.2 Å². The number of hydrogen-bond donors (Lipinski definition) is 0. The fourth-order valence-electron chi connectivity index (χ4n) is 14.9. The Bertz CT molecular complexity index is 2890. The minimum absolute atomic E-state index is 0.111. The lowest BCUT2D eigenvalue weighted by molar-refractivity contribution is -0.231. The maximum atomic E-state index is 2.65. The molecule has 0 heterocycles. The first-order chi connectivity index (χ1) is 28.7. The predicted octanol–water partition coefficient (Wildman–Crippen LogP) is 15.3. The molecule has 4 fully saturated rings.